The maximum absolute atomic E-state index is 13.0. The number of rotatable bonds is 3. The fraction of sp³-hybridized carbons (Fsp3) is 0.200. The topological polar surface area (TPSA) is 40.6 Å². The number of carbonyl (C=O) groups excluding carboxylic acids is 2. The quantitative estimate of drug-likeness (QED) is 0.616. The highest BCUT2D eigenvalue weighted by molar-refractivity contribution is 6.30. The number of carbonyl (C=O) groups is 2. The molecule has 1 aromatic carbocycles. The molecular formula is C20H19ClN2O2. The lowest BCUT2D eigenvalue weighted by molar-refractivity contribution is -0.124. The van der Waals surface area contributed by atoms with Crippen molar-refractivity contribution in [1.82, 2.24) is 4.90 Å². The van der Waals surface area contributed by atoms with Gasteiger partial charge in [0.1, 0.15) is 0 Å². The molecule has 0 spiro atoms. The summed E-state index contributed by atoms with van der Waals surface area (Å²) in [5, 5.41) is 0.542. The summed E-state index contributed by atoms with van der Waals surface area (Å²) in [6.45, 7) is 5.55. The van der Waals surface area contributed by atoms with Crippen LogP contribution in [0.4, 0.5) is 5.69 Å². The Bertz CT molecular complexity index is 817. The number of nitrogens with zero attached hydrogens (tertiary/aromatic N) is 2. The van der Waals surface area contributed by atoms with Gasteiger partial charge in [0, 0.05) is 30.0 Å². The Hall–Kier alpha value is -2.77. The second kappa shape index (κ2) is 7.87. The Morgan fingerprint density at radius 1 is 1.48 bits per heavy atom. The van der Waals surface area contributed by atoms with Gasteiger partial charge in [0.2, 0.25) is 11.8 Å². The fourth-order valence-electron chi connectivity index (χ4n) is 2.88. The summed E-state index contributed by atoms with van der Waals surface area (Å²) in [5.41, 5.74) is 1.97. The molecule has 5 heteroatoms. The van der Waals surface area contributed by atoms with E-state index in [-0.39, 0.29) is 18.4 Å². The van der Waals surface area contributed by atoms with Gasteiger partial charge in [-0.05, 0) is 42.8 Å². The van der Waals surface area contributed by atoms with Crippen LogP contribution in [0.25, 0.3) is 0 Å². The normalized spacial score (nSPS) is 19.8. The van der Waals surface area contributed by atoms with Crippen LogP contribution in [0, 0.1) is 18.3 Å². The maximum Gasteiger partial charge on any atom is 0.250 e. The zero-order valence-electron chi connectivity index (χ0n) is 14.2. The van der Waals surface area contributed by atoms with E-state index in [2.05, 4.69) is 12.5 Å². The van der Waals surface area contributed by atoms with E-state index < -0.39 is 5.92 Å². The number of hydrogen-bond acceptors (Lipinski definition) is 2. The summed E-state index contributed by atoms with van der Waals surface area (Å²) >= 11 is 6.01. The van der Waals surface area contributed by atoms with Crippen LogP contribution in [0.5, 0.6) is 0 Å². The Morgan fingerprint density at radius 2 is 2.20 bits per heavy atom. The molecule has 2 rings (SSSR count). The summed E-state index contributed by atoms with van der Waals surface area (Å²) in [6, 6.07) is 7.03. The maximum atomic E-state index is 13.0. The van der Waals surface area contributed by atoms with Crippen molar-refractivity contribution in [2.75, 3.05) is 18.5 Å². The van der Waals surface area contributed by atoms with E-state index in [0.717, 1.165) is 0 Å². The molecule has 1 aromatic rings. The van der Waals surface area contributed by atoms with E-state index in [1.807, 2.05) is 0 Å². The Morgan fingerprint density at radius 3 is 2.76 bits per heavy atom. The van der Waals surface area contributed by atoms with Gasteiger partial charge in [-0.25, -0.2) is 0 Å². The van der Waals surface area contributed by atoms with Crippen LogP contribution in [-0.2, 0) is 9.59 Å². The van der Waals surface area contributed by atoms with E-state index in [4.69, 9.17) is 18.0 Å². The predicted molar refractivity (Wildman–Crippen MR) is 101 cm³/mol. The molecular weight excluding hydrogens is 336 g/mol. The monoisotopic (exact) mass is 354 g/mol. The lowest BCUT2D eigenvalue weighted by Crippen LogP contribution is -2.35. The molecule has 0 aromatic heterocycles. The minimum atomic E-state index is -0.546. The van der Waals surface area contributed by atoms with Gasteiger partial charge in [-0.15, -0.1) is 6.42 Å². The second-order valence-electron chi connectivity index (χ2n) is 5.52. The van der Waals surface area contributed by atoms with Crippen molar-refractivity contribution >= 4 is 29.1 Å². The van der Waals surface area contributed by atoms with Crippen molar-refractivity contribution in [2.45, 2.75) is 6.92 Å². The molecule has 4 nitrogen and oxygen atoms in total. The number of amides is 2. The van der Waals surface area contributed by atoms with Gasteiger partial charge < -0.3 is 9.80 Å². The minimum Gasteiger partial charge on any atom is -0.315 e. The zero-order chi connectivity index (χ0) is 18.6. The molecule has 128 valence electrons. The van der Waals surface area contributed by atoms with Gasteiger partial charge in [0.05, 0.1) is 5.92 Å². The molecule has 25 heavy (non-hydrogen) atoms. The number of allylic oxidation sites excluding steroid dienone is 3. The van der Waals surface area contributed by atoms with Crippen molar-refractivity contribution in [3.05, 3.63) is 65.4 Å². The molecule has 0 radical (unpaired) electrons. The smallest absolute Gasteiger partial charge is 0.250 e. The van der Waals surface area contributed by atoms with E-state index in [1.165, 1.54) is 15.9 Å². The van der Waals surface area contributed by atoms with Gasteiger partial charge in [-0.3, -0.25) is 9.59 Å². The van der Waals surface area contributed by atoms with Gasteiger partial charge >= 0.3 is 0 Å². The summed E-state index contributed by atoms with van der Waals surface area (Å²) < 4.78 is 0. The largest absolute Gasteiger partial charge is 0.315 e. The van der Waals surface area contributed by atoms with Crippen LogP contribution in [-0.4, -0.2) is 30.3 Å². The standard InChI is InChI=1S/C20H19ClN2O2/c1-5-9-16-17(13-23(18(16)6-2)19(24)7-3)20(25)22(4)15-11-8-10-14(21)12-15/h1,6-12,17H,3,13H2,2,4H3/b16-9?,18-6+. The van der Waals surface area contributed by atoms with Crippen molar-refractivity contribution < 1.29 is 9.59 Å². The SMILES string of the molecule is C#CC=C1/C(=C\C)N(C(=O)C=C)CC1C(=O)N(C)c1cccc(Cl)c1. The third kappa shape index (κ3) is 3.67. The first kappa shape index (κ1) is 18.6. The van der Waals surface area contributed by atoms with Crippen LogP contribution < -0.4 is 4.90 Å². The van der Waals surface area contributed by atoms with Gasteiger partial charge in [0.15, 0.2) is 0 Å². The molecule has 1 heterocycles. The number of likely N-dealkylation sites (tertiary alicyclic amines) is 1. The molecule has 0 bridgehead atoms. The van der Waals surface area contributed by atoms with Crippen LogP contribution in [0.3, 0.4) is 0 Å². The van der Waals surface area contributed by atoms with Gasteiger partial charge in [-0.1, -0.05) is 36.2 Å². The highest BCUT2D eigenvalue weighted by Crippen LogP contribution is 2.35. The first-order chi connectivity index (χ1) is 11.9. The van der Waals surface area contributed by atoms with Crippen molar-refractivity contribution in [3.63, 3.8) is 0 Å². The van der Waals surface area contributed by atoms with Crippen LogP contribution in [0.15, 0.2) is 60.3 Å². The number of terminal acetylenes is 1. The third-order valence-corrected chi connectivity index (χ3v) is 4.34. The molecule has 0 saturated carbocycles. The highest BCUT2D eigenvalue weighted by atomic mass is 35.5. The summed E-state index contributed by atoms with van der Waals surface area (Å²) in [4.78, 5) is 28.2. The number of halogens is 1. The Labute approximate surface area is 153 Å². The van der Waals surface area contributed by atoms with Crippen LogP contribution >= 0.6 is 11.6 Å². The summed E-state index contributed by atoms with van der Waals surface area (Å²) in [7, 11) is 1.68. The average molecular weight is 355 g/mol. The first-order valence-corrected chi connectivity index (χ1v) is 8.12. The predicted octanol–water partition coefficient (Wildman–Crippen LogP) is 3.41. The molecule has 1 fully saturated rings. The van der Waals surface area contributed by atoms with Gasteiger partial charge in [-0.2, -0.15) is 0 Å². The van der Waals surface area contributed by atoms with E-state index in [9.17, 15) is 9.59 Å². The van der Waals surface area contributed by atoms with E-state index in [1.54, 1.807) is 50.4 Å². The second-order valence-corrected chi connectivity index (χ2v) is 5.96. The fourth-order valence-corrected chi connectivity index (χ4v) is 3.06. The molecule has 2 amide bonds. The van der Waals surface area contributed by atoms with Crippen LogP contribution in [0.2, 0.25) is 5.02 Å². The van der Waals surface area contributed by atoms with Gasteiger partial charge in [0.25, 0.3) is 0 Å². The zero-order valence-corrected chi connectivity index (χ0v) is 15.0. The highest BCUT2D eigenvalue weighted by Gasteiger charge is 2.39. The lowest BCUT2D eigenvalue weighted by atomic mass is 9.98. The molecule has 0 N–H and O–H groups in total. The van der Waals surface area contributed by atoms with Crippen molar-refractivity contribution in [2.24, 2.45) is 5.92 Å². The molecule has 1 aliphatic rings. The lowest BCUT2D eigenvalue weighted by Gasteiger charge is -2.21. The Balaban J connectivity index is 2.40. The number of hydrogen-bond donors (Lipinski definition) is 0. The minimum absolute atomic E-state index is 0.164. The van der Waals surface area contributed by atoms with Crippen molar-refractivity contribution in [1.29, 1.82) is 0 Å². The van der Waals surface area contributed by atoms with Crippen molar-refractivity contribution in [3.8, 4) is 12.3 Å². The summed E-state index contributed by atoms with van der Waals surface area (Å²) in [6.07, 6.45) is 9.97. The number of anilines is 1. The Kier molecular flexibility index (Phi) is 5.84. The third-order valence-electron chi connectivity index (χ3n) is 4.10. The average Bonchev–Trinajstić information content (AvgIpc) is 2.98. The molecule has 0 aliphatic carbocycles. The van der Waals surface area contributed by atoms with E-state index >= 15 is 0 Å². The number of benzene rings is 1. The van der Waals surface area contributed by atoms with E-state index in [0.29, 0.717) is 22.0 Å². The summed E-state index contributed by atoms with van der Waals surface area (Å²) in [5.74, 6) is 1.49. The molecule has 1 saturated heterocycles. The molecule has 1 aliphatic heterocycles. The van der Waals surface area contributed by atoms with Crippen LogP contribution in [0.1, 0.15) is 6.92 Å². The molecule has 1 atom stereocenters. The molecule has 1 unspecified atom stereocenters. The first-order valence-electron chi connectivity index (χ1n) is 7.74.